The number of aromatic nitrogens is 3. The summed E-state index contributed by atoms with van der Waals surface area (Å²) in [5.41, 5.74) is 4.78. The van der Waals surface area contributed by atoms with Crippen LogP contribution in [0.1, 0.15) is 56.0 Å². The highest BCUT2D eigenvalue weighted by Gasteiger charge is 2.22. The minimum atomic E-state index is -0.410. The molecule has 3 heterocycles. The Labute approximate surface area is 345 Å². The molecule has 0 bridgehead atoms. The molecule has 7 rings (SSSR count). The summed E-state index contributed by atoms with van der Waals surface area (Å²) in [5.74, 6) is 0.380. The third kappa shape index (κ3) is 9.74. The van der Waals surface area contributed by atoms with Crippen molar-refractivity contribution < 1.29 is 33.3 Å². The van der Waals surface area contributed by atoms with E-state index >= 15 is 0 Å². The number of esters is 2. The number of hydrogen-bond acceptors (Lipinski definition) is 10. The van der Waals surface area contributed by atoms with Gasteiger partial charge in [0.15, 0.2) is 0 Å². The van der Waals surface area contributed by atoms with Gasteiger partial charge in [-0.15, -0.1) is 0 Å². The molecule has 0 aliphatic heterocycles. The van der Waals surface area contributed by atoms with Gasteiger partial charge in [-0.1, -0.05) is 35.9 Å². The second kappa shape index (κ2) is 19.4. The zero-order valence-corrected chi connectivity index (χ0v) is 33.6. The fraction of sp³-hybridized carbons (Fsp3) is 0.174. The molecule has 0 saturated carbocycles. The van der Waals surface area contributed by atoms with E-state index in [0.29, 0.717) is 65.1 Å². The third-order valence-corrected chi connectivity index (χ3v) is 9.56. The molecule has 3 aromatic heterocycles. The van der Waals surface area contributed by atoms with E-state index in [1.807, 2.05) is 48.5 Å². The van der Waals surface area contributed by atoms with E-state index in [4.69, 9.17) is 30.5 Å². The third-order valence-electron chi connectivity index (χ3n) is 9.26. The summed E-state index contributed by atoms with van der Waals surface area (Å²) >= 11 is 6.16. The monoisotopic (exact) mass is 812 g/mol. The van der Waals surface area contributed by atoms with Crippen LogP contribution in [0.3, 0.4) is 0 Å². The van der Waals surface area contributed by atoms with Crippen molar-refractivity contribution in [3.63, 3.8) is 0 Å². The molecule has 4 aromatic carbocycles. The van der Waals surface area contributed by atoms with Gasteiger partial charge in [-0.25, -0.2) is 14.6 Å². The average molecular weight is 813 g/mol. The van der Waals surface area contributed by atoms with Crippen molar-refractivity contribution in [1.29, 1.82) is 0 Å². The van der Waals surface area contributed by atoms with Crippen molar-refractivity contribution in [1.82, 2.24) is 14.5 Å². The lowest BCUT2D eigenvalue weighted by Gasteiger charge is -2.24. The fourth-order valence-corrected chi connectivity index (χ4v) is 6.50. The number of benzene rings is 4. The Balaban J connectivity index is 0.000000198. The van der Waals surface area contributed by atoms with Gasteiger partial charge in [0.1, 0.15) is 16.7 Å². The molecule has 0 radical (unpaired) electrons. The molecule has 13 heteroatoms. The van der Waals surface area contributed by atoms with Crippen LogP contribution in [0.4, 0.5) is 5.69 Å². The van der Waals surface area contributed by atoms with Crippen LogP contribution in [0.15, 0.2) is 132 Å². The molecule has 0 spiro atoms. The van der Waals surface area contributed by atoms with Crippen molar-refractivity contribution >= 4 is 56.9 Å². The molecule has 7 aromatic rings. The summed E-state index contributed by atoms with van der Waals surface area (Å²) in [5, 5.41) is 1.37. The van der Waals surface area contributed by atoms with Crippen molar-refractivity contribution in [2.24, 2.45) is 0 Å². The molecule has 0 aliphatic rings. The first-order valence-electron chi connectivity index (χ1n) is 18.7. The van der Waals surface area contributed by atoms with Gasteiger partial charge < -0.3 is 28.4 Å². The maximum atomic E-state index is 13.3. The number of halogens is 1. The van der Waals surface area contributed by atoms with Crippen molar-refractivity contribution in [3.05, 3.63) is 171 Å². The number of nitrogens with zero attached hydrogens (tertiary/aromatic N) is 4. The number of ether oxygens (including phenoxy) is 4. The molecule has 59 heavy (non-hydrogen) atoms. The van der Waals surface area contributed by atoms with Crippen molar-refractivity contribution in [2.75, 3.05) is 32.3 Å². The van der Waals surface area contributed by atoms with Crippen LogP contribution < -0.4 is 19.9 Å². The lowest BCUT2D eigenvalue weighted by Crippen LogP contribution is -2.30. The molecule has 300 valence electrons. The molecular formula is C46H41ClN4O8. The highest BCUT2D eigenvalue weighted by molar-refractivity contribution is 6.33. The number of fused-ring (bicyclic) bond motifs is 3. The Bertz CT molecular complexity index is 2650. The zero-order valence-electron chi connectivity index (χ0n) is 32.9. The summed E-state index contributed by atoms with van der Waals surface area (Å²) < 4.78 is 22.2. The Morgan fingerprint density at radius 3 is 1.86 bits per heavy atom. The molecule has 0 atom stereocenters. The van der Waals surface area contributed by atoms with E-state index in [0.717, 1.165) is 28.0 Å². The number of hydrogen-bond donors (Lipinski definition) is 0. The maximum Gasteiger partial charge on any atom is 0.338 e. The lowest BCUT2D eigenvalue weighted by atomic mass is 10.1. The number of carbonyl (C=O) groups is 3. The van der Waals surface area contributed by atoms with Gasteiger partial charge in [0.25, 0.3) is 11.5 Å². The van der Waals surface area contributed by atoms with Crippen LogP contribution >= 0.6 is 11.6 Å². The van der Waals surface area contributed by atoms with E-state index in [1.165, 1.54) is 6.20 Å². The predicted molar refractivity (Wildman–Crippen MR) is 227 cm³/mol. The van der Waals surface area contributed by atoms with Crippen LogP contribution in [-0.2, 0) is 22.6 Å². The minimum absolute atomic E-state index is 0.125. The Morgan fingerprint density at radius 2 is 1.25 bits per heavy atom. The van der Waals surface area contributed by atoms with E-state index in [1.54, 1.807) is 110 Å². The second-order valence-electron chi connectivity index (χ2n) is 12.9. The maximum absolute atomic E-state index is 13.3. The largest absolute Gasteiger partial charge is 0.497 e. The van der Waals surface area contributed by atoms with Crippen LogP contribution in [0, 0.1) is 0 Å². The number of methoxy groups -OCH3 is 2. The Kier molecular flexibility index (Phi) is 13.7. The highest BCUT2D eigenvalue weighted by Crippen LogP contribution is 2.26. The number of pyridine rings is 3. The quantitative estimate of drug-likeness (QED) is 0.0670. The van der Waals surface area contributed by atoms with Gasteiger partial charge in [-0.3, -0.25) is 14.6 Å². The van der Waals surface area contributed by atoms with Gasteiger partial charge in [0.2, 0.25) is 0 Å². The zero-order chi connectivity index (χ0) is 41.9. The molecule has 12 nitrogen and oxygen atoms in total. The summed E-state index contributed by atoms with van der Waals surface area (Å²) in [7, 11) is 3.21. The highest BCUT2D eigenvalue weighted by atomic mass is 35.5. The molecule has 0 saturated heterocycles. The molecule has 0 fully saturated rings. The smallest absolute Gasteiger partial charge is 0.338 e. The van der Waals surface area contributed by atoms with Gasteiger partial charge in [0, 0.05) is 23.5 Å². The van der Waals surface area contributed by atoms with Crippen LogP contribution in [0.5, 0.6) is 11.5 Å². The Morgan fingerprint density at radius 1 is 0.678 bits per heavy atom. The number of rotatable bonds is 12. The SMILES string of the molecule is CCOC(=O)c1ccc(N(Cc2ccc(OC)cc2)C(=O)c2cccnc2Cl)cc1.CCOC(=O)c1ccc2c(c1)c1ncccc1c(=O)n2Cc1ccc(OC)cc1. The molecule has 0 aliphatic carbocycles. The summed E-state index contributed by atoms with van der Waals surface area (Å²) in [6.45, 7) is 4.80. The molecule has 1 amide bonds. The summed E-state index contributed by atoms with van der Waals surface area (Å²) in [6.07, 6.45) is 3.17. The second-order valence-corrected chi connectivity index (χ2v) is 13.3. The minimum Gasteiger partial charge on any atom is -0.497 e. The normalized spacial score (nSPS) is 10.7. The van der Waals surface area contributed by atoms with Crippen LogP contribution in [0.25, 0.3) is 21.8 Å². The van der Waals surface area contributed by atoms with E-state index in [-0.39, 0.29) is 16.6 Å². The average Bonchev–Trinajstić information content (AvgIpc) is 3.27. The van der Waals surface area contributed by atoms with E-state index in [2.05, 4.69) is 9.97 Å². The number of carbonyl (C=O) groups excluding carboxylic acids is 3. The molecular weight excluding hydrogens is 772 g/mol. The number of amides is 1. The topological polar surface area (TPSA) is 139 Å². The van der Waals surface area contributed by atoms with Gasteiger partial charge >= 0.3 is 11.9 Å². The first-order valence-corrected chi connectivity index (χ1v) is 19.1. The van der Waals surface area contributed by atoms with Gasteiger partial charge in [-0.05, 0) is 116 Å². The fourth-order valence-electron chi connectivity index (χ4n) is 6.30. The summed E-state index contributed by atoms with van der Waals surface area (Å²) in [4.78, 5) is 60.6. The first kappa shape index (κ1) is 41.6. The van der Waals surface area contributed by atoms with Gasteiger partial charge in [0.05, 0.1) is 73.6 Å². The number of anilines is 1. The van der Waals surface area contributed by atoms with E-state index in [9.17, 15) is 19.2 Å². The van der Waals surface area contributed by atoms with Crippen LogP contribution in [-0.4, -0.2) is 59.8 Å². The lowest BCUT2D eigenvalue weighted by molar-refractivity contribution is 0.0517. The van der Waals surface area contributed by atoms with Crippen molar-refractivity contribution in [2.45, 2.75) is 26.9 Å². The van der Waals surface area contributed by atoms with E-state index < -0.39 is 11.9 Å². The predicted octanol–water partition coefficient (Wildman–Crippen LogP) is 8.55. The first-order chi connectivity index (χ1) is 28.6. The van der Waals surface area contributed by atoms with Gasteiger partial charge in [-0.2, -0.15) is 0 Å². The Hall–Kier alpha value is -7.05. The molecule has 0 unspecified atom stereocenters. The standard InChI is InChI=1S/C23H21ClN2O4.C23H20N2O4/c1-3-30-23(28)17-8-10-18(11-9-17)26(15-16-6-12-19(29-2)13-7-16)22(27)20-5-4-14-25-21(20)24;1-3-29-23(27)16-8-11-20-19(13-16)21-18(5-4-12-24-21)22(26)25(20)14-15-6-9-17(28-2)10-7-15/h4-14H,3,15H2,1-2H3;4-13H,3,14H2,1-2H3. The van der Waals surface area contributed by atoms with Crippen LogP contribution in [0.2, 0.25) is 5.15 Å². The van der Waals surface area contributed by atoms with Crippen molar-refractivity contribution in [3.8, 4) is 11.5 Å². The molecule has 0 N–H and O–H groups in total. The summed E-state index contributed by atoms with van der Waals surface area (Å²) in [6, 6.07) is 33.7.